The van der Waals surface area contributed by atoms with Gasteiger partial charge in [0, 0.05) is 10.5 Å². The third-order valence-electron chi connectivity index (χ3n) is 3.54. The lowest BCUT2D eigenvalue weighted by Gasteiger charge is -2.30. The molecule has 2 N–H and O–H groups in total. The maximum atomic E-state index is 12.5. The first-order valence-electron chi connectivity index (χ1n) is 6.40. The van der Waals surface area contributed by atoms with E-state index >= 15 is 0 Å². The molecule has 0 saturated carbocycles. The van der Waals surface area contributed by atoms with Gasteiger partial charge in [0.05, 0.1) is 4.90 Å². The van der Waals surface area contributed by atoms with E-state index < -0.39 is 10.0 Å². The van der Waals surface area contributed by atoms with Gasteiger partial charge in [-0.3, -0.25) is 0 Å². The summed E-state index contributed by atoms with van der Waals surface area (Å²) in [7, 11) is -3.47. The standard InChI is InChI=1S/C13H19BrN2O2S/c1-9-4-3-5-12(13(9)14)19(17,18)16-11-6-7-15-8-10(11)2/h3-5,10-11,15-16H,6-8H2,1-2H3. The van der Waals surface area contributed by atoms with E-state index in [-0.39, 0.29) is 6.04 Å². The lowest BCUT2D eigenvalue weighted by atomic mass is 9.97. The lowest BCUT2D eigenvalue weighted by molar-refractivity contribution is 0.328. The second kappa shape index (κ2) is 5.91. The fraction of sp³-hybridized carbons (Fsp3) is 0.538. The molecule has 19 heavy (non-hydrogen) atoms. The number of rotatable bonds is 3. The van der Waals surface area contributed by atoms with Gasteiger partial charge in [0.1, 0.15) is 0 Å². The van der Waals surface area contributed by atoms with Crippen LogP contribution < -0.4 is 10.0 Å². The maximum absolute atomic E-state index is 12.5. The largest absolute Gasteiger partial charge is 0.316 e. The van der Waals surface area contributed by atoms with Gasteiger partial charge in [-0.05, 0) is 59.9 Å². The van der Waals surface area contributed by atoms with Crippen LogP contribution in [0.15, 0.2) is 27.6 Å². The van der Waals surface area contributed by atoms with Crippen molar-refractivity contribution in [3.63, 3.8) is 0 Å². The van der Waals surface area contributed by atoms with Gasteiger partial charge >= 0.3 is 0 Å². The van der Waals surface area contributed by atoms with Crippen molar-refractivity contribution in [2.24, 2.45) is 5.92 Å². The van der Waals surface area contributed by atoms with Crippen LogP contribution in [-0.4, -0.2) is 27.5 Å². The Morgan fingerprint density at radius 2 is 2.16 bits per heavy atom. The Morgan fingerprint density at radius 1 is 1.42 bits per heavy atom. The summed E-state index contributed by atoms with van der Waals surface area (Å²) in [6.07, 6.45) is 0.823. The first-order valence-corrected chi connectivity index (χ1v) is 8.67. The Kier molecular flexibility index (Phi) is 4.66. The minimum atomic E-state index is -3.47. The molecule has 0 amide bonds. The molecular weight excluding hydrogens is 328 g/mol. The normalized spacial score (nSPS) is 24.4. The van der Waals surface area contributed by atoms with E-state index in [0.717, 1.165) is 25.1 Å². The third kappa shape index (κ3) is 3.37. The Morgan fingerprint density at radius 3 is 2.84 bits per heavy atom. The van der Waals surface area contributed by atoms with E-state index in [1.807, 2.05) is 13.0 Å². The maximum Gasteiger partial charge on any atom is 0.241 e. The minimum absolute atomic E-state index is 0.00124. The van der Waals surface area contributed by atoms with Crippen molar-refractivity contribution in [1.82, 2.24) is 10.0 Å². The van der Waals surface area contributed by atoms with Gasteiger partial charge in [0.15, 0.2) is 0 Å². The molecule has 0 radical (unpaired) electrons. The summed E-state index contributed by atoms with van der Waals surface area (Å²) < 4.78 is 28.4. The SMILES string of the molecule is Cc1cccc(S(=O)(=O)NC2CCNCC2C)c1Br. The molecule has 2 atom stereocenters. The number of nitrogens with one attached hydrogen (secondary N) is 2. The summed E-state index contributed by atoms with van der Waals surface area (Å²) in [5.74, 6) is 0.298. The fourth-order valence-corrected chi connectivity index (χ4v) is 4.71. The first-order chi connectivity index (χ1) is 8.92. The van der Waals surface area contributed by atoms with Crippen LogP contribution in [0.4, 0.5) is 0 Å². The van der Waals surface area contributed by atoms with Gasteiger partial charge in [-0.2, -0.15) is 0 Å². The molecule has 1 fully saturated rings. The summed E-state index contributed by atoms with van der Waals surface area (Å²) in [4.78, 5) is 0.318. The van der Waals surface area contributed by atoms with Crippen molar-refractivity contribution in [3.8, 4) is 0 Å². The van der Waals surface area contributed by atoms with Crippen LogP contribution in [0.3, 0.4) is 0 Å². The van der Waals surface area contributed by atoms with Crippen LogP contribution in [0.5, 0.6) is 0 Å². The average molecular weight is 347 g/mol. The van der Waals surface area contributed by atoms with Gasteiger partial charge in [0.2, 0.25) is 10.0 Å². The average Bonchev–Trinajstić information content (AvgIpc) is 2.35. The molecule has 2 unspecified atom stereocenters. The highest BCUT2D eigenvalue weighted by atomic mass is 79.9. The number of piperidine rings is 1. The van der Waals surface area contributed by atoms with Crippen molar-refractivity contribution in [2.45, 2.75) is 31.2 Å². The predicted molar refractivity (Wildman–Crippen MR) is 79.6 cm³/mol. The zero-order valence-electron chi connectivity index (χ0n) is 11.1. The molecule has 1 aliphatic rings. The van der Waals surface area contributed by atoms with Gasteiger partial charge in [-0.25, -0.2) is 13.1 Å². The van der Waals surface area contributed by atoms with Crippen molar-refractivity contribution in [1.29, 1.82) is 0 Å². The topological polar surface area (TPSA) is 58.2 Å². The second-order valence-electron chi connectivity index (χ2n) is 5.08. The molecule has 1 saturated heterocycles. The van der Waals surface area contributed by atoms with Gasteiger partial charge < -0.3 is 5.32 Å². The van der Waals surface area contributed by atoms with Crippen LogP contribution >= 0.6 is 15.9 Å². The molecular formula is C13H19BrN2O2S. The summed E-state index contributed by atoms with van der Waals surface area (Å²) in [5.41, 5.74) is 0.918. The highest BCUT2D eigenvalue weighted by molar-refractivity contribution is 9.10. The number of hydrogen-bond donors (Lipinski definition) is 2. The Balaban J connectivity index is 2.25. The van der Waals surface area contributed by atoms with Gasteiger partial charge in [-0.15, -0.1) is 0 Å². The minimum Gasteiger partial charge on any atom is -0.316 e. The summed E-state index contributed by atoms with van der Waals surface area (Å²) in [5, 5.41) is 3.27. The molecule has 1 aromatic carbocycles. The van der Waals surface area contributed by atoms with Crippen LogP contribution in [0.1, 0.15) is 18.9 Å². The number of benzene rings is 1. The first kappa shape index (κ1) is 15.0. The molecule has 2 rings (SSSR count). The van der Waals surface area contributed by atoms with E-state index in [2.05, 4.69) is 32.9 Å². The smallest absolute Gasteiger partial charge is 0.241 e. The van der Waals surface area contributed by atoms with E-state index in [0.29, 0.717) is 15.3 Å². The van der Waals surface area contributed by atoms with Crippen LogP contribution in [-0.2, 0) is 10.0 Å². The summed E-state index contributed by atoms with van der Waals surface area (Å²) in [6, 6.07) is 5.28. The number of hydrogen-bond acceptors (Lipinski definition) is 3. The van der Waals surface area contributed by atoms with Crippen LogP contribution in [0.25, 0.3) is 0 Å². The molecule has 6 heteroatoms. The predicted octanol–water partition coefficient (Wildman–Crippen LogP) is 2.03. The zero-order chi connectivity index (χ0) is 14.0. The lowest BCUT2D eigenvalue weighted by Crippen LogP contribution is -2.48. The summed E-state index contributed by atoms with van der Waals surface area (Å²) in [6.45, 7) is 5.65. The monoisotopic (exact) mass is 346 g/mol. The second-order valence-corrected chi connectivity index (χ2v) is 7.56. The van der Waals surface area contributed by atoms with Crippen molar-refractivity contribution >= 4 is 26.0 Å². The van der Waals surface area contributed by atoms with Gasteiger partial charge in [-0.1, -0.05) is 19.1 Å². The van der Waals surface area contributed by atoms with E-state index in [1.54, 1.807) is 12.1 Å². The molecule has 0 spiro atoms. The Labute approximate surface area is 123 Å². The number of sulfonamides is 1. The van der Waals surface area contributed by atoms with Crippen molar-refractivity contribution < 1.29 is 8.42 Å². The summed E-state index contributed by atoms with van der Waals surface area (Å²) >= 11 is 3.36. The molecule has 1 heterocycles. The quantitative estimate of drug-likeness (QED) is 0.880. The van der Waals surface area contributed by atoms with E-state index in [4.69, 9.17) is 0 Å². The number of halogens is 1. The highest BCUT2D eigenvalue weighted by Crippen LogP contribution is 2.26. The van der Waals surface area contributed by atoms with Gasteiger partial charge in [0.25, 0.3) is 0 Å². The van der Waals surface area contributed by atoms with E-state index in [9.17, 15) is 8.42 Å². The molecule has 1 aliphatic heterocycles. The zero-order valence-corrected chi connectivity index (χ0v) is 13.5. The Hall–Kier alpha value is -0.430. The molecule has 0 bridgehead atoms. The molecule has 106 valence electrons. The van der Waals surface area contributed by atoms with Crippen molar-refractivity contribution in [2.75, 3.05) is 13.1 Å². The molecule has 4 nitrogen and oxygen atoms in total. The van der Waals surface area contributed by atoms with E-state index in [1.165, 1.54) is 0 Å². The fourth-order valence-electron chi connectivity index (χ4n) is 2.28. The van der Waals surface area contributed by atoms with Crippen LogP contribution in [0, 0.1) is 12.8 Å². The molecule has 1 aromatic rings. The third-order valence-corrected chi connectivity index (χ3v) is 6.39. The highest BCUT2D eigenvalue weighted by Gasteiger charge is 2.27. The molecule has 0 aliphatic carbocycles. The number of aryl methyl sites for hydroxylation is 1. The van der Waals surface area contributed by atoms with Crippen LogP contribution in [0.2, 0.25) is 0 Å². The Bertz CT molecular complexity index is 560. The van der Waals surface area contributed by atoms with Crippen molar-refractivity contribution in [3.05, 3.63) is 28.2 Å². The molecule has 0 aromatic heterocycles.